The van der Waals surface area contributed by atoms with Gasteiger partial charge in [0.05, 0.1) is 28.8 Å². The first-order valence-corrected chi connectivity index (χ1v) is 13.6. The first-order chi connectivity index (χ1) is 17.4. The monoisotopic (exact) mass is 506 g/mol. The van der Waals surface area contributed by atoms with Crippen molar-refractivity contribution in [2.24, 2.45) is 0 Å². The maximum atomic E-state index is 13.2. The molecule has 0 spiro atoms. The second kappa shape index (κ2) is 9.87. The Morgan fingerprint density at radius 3 is 2.28 bits per heavy atom. The van der Waals surface area contributed by atoms with Gasteiger partial charge in [-0.05, 0) is 49.7 Å². The van der Waals surface area contributed by atoms with Crippen LogP contribution >= 0.6 is 0 Å². The van der Waals surface area contributed by atoms with E-state index in [1.807, 2.05) is 41.9 Å². The van der Waals surface area contributed by atoms with Crippen LogP contribution in [-0.4, -0.2) is 65.8 Å². The Morgan fingerprint density at radius 2 is 1.64 bits per heavy atom. The summed E-state index contributed by atoms with van der Waals surface area (Å²) >= 11 is 0. The lowest BCUT2D eigenvalue weighted by Crippen LogP contribution is -2.49. The Labute approximate surface area is 211 Å². The average molecular weight is 507 g/mol. The normalized spacial score (nSPS) is 14.9. The molecule has 188 valence electrons. The second-order valence-corrected chi connectivity index (χ2v) is 10.7. The lowest BCUT2D eigenvalue weighted by molar-refractivity contribution is 0.383. The van der Waals surface area contributed by atoms with Crippen LogP contribution in [0.2, 0.25) is 0 Å². The van der Waals surface area contributed by atoms with Crippen LogP contribution in [0.4, 0.5) is 5.82 Å². The highest BCUT2D eigenvalue weighted by Crippen LogP contribution is 2.30. The summed E-state index contributed by atoms with van der Waals surface area (Å²) in [7, 11) is -2.03. The first-order valence-electron chi connectivity index (χ1n) is 12.1. The lowest BCUT2D eigenvalue weighted by atomic mass is 10.2. The number of benzene rings is 2. The minimum atomic E-state index is -3.59. The van der Waals surface area contributed by atoms with Gasteiger partial charge in [-0.3, -0.25) is 0 Å². The average Bonchev–Trinajstić information content (AvgIpc) is 3.25. The number of ether oxygens (including phenoxy) is 1. The summed E-state index contributed by atoms with van der Waals surface area (Å²) in [6, 6.07) is 16.5. The van der Waals surface area contributed by atoms with E-state index in [4.69, 9.17) is 19.8 Å². The molecular formula is C26H30N6O3S. The van der Waals surface area contributed by atoms with Gasteiger partial charge in [0.2, 0.25) is 10.0 Å². The second-order valence-electron chi connectivity index (χ2n) is 8.81. The van der Waals surface area contributed by atoms with E-state index in [0.717, 1.165) is 46.9 Å². The first kappa shape index (κ1) is 24.2. The summed E-state index contributed by atoms with van der Waals surface area (Å²) in [5.74, 6) is 2.22. The van der Waals surface area contributed by atoms with Crippen molar-refractivity contribution in [3.8, 4) is 11.4 Å². The van der Waals surface area contributed by atoms with Crippen LogP contribution in [0.1, 0.15) is 24.9 Å². The van der Waals surface area contributed by atoms with Crippen LogP contribution < -0.4 is 9.64 Å². The van der Waals surface area contributed by atoms with Gasteiger partial charge in [0.15, 0.2) is 5.65 Å². The molecule has 0 aliphatic carbocycles. The van der Waals surface area contributed by atoms with Crippen LogP contribution in [0.25, 0.3) is 16.7 Å². The van der Waals surface area contributed by atoms with Crippen molar-refractivity contribution in [1.29, 1.82) is 0 Å². The number of piperazine rings is 1. The minimum absolute atomic E-state index is 0.270. The van der Waals surface area contributed by atoms with E-state index in [2.05, 4.69) is 11.8 Å². The fourth-order valence-electron chi connectivity index (χ4n) is 4.56. The van der Waals surface area contributed by atoms with Crippen LogP contribution in [0.3, 0.4) is 0 Å². The van der Waals surface area contributed by atoms with Gasteiger partial charge in [-0.25, -0.2) is 23.1 Å². The maximum Gasteiger partial charge on any atom is 0.243 e. The molecule has 0 saturated carbocycles. The molecule has 2 aromatic carbocycles. The molecular weight excluding hydrogens is 476 g/mol. The van der Waals surface area contributed by atoms with Crippen molar-refractivity contribution in [3.63, 3.8) is 0 Å². The number of para-hydroxylation sites is 1. The molecule has 1 aliphatic heterocycles. The van der Waals surface area contributed by atoms with Gasteiger partial charge in [-0.15, -0.1) is 0 Å². The third-order valence-corrected chi connectivity index (χ3v) is 8.35. The molecule has 1 fully saturated rings. The zero-order valence-corrected chi connectivity index (χ0v) is 21.6. The molecule has 10 heteroatoms. The number of rotatable bonds is 7. The third kappa shape index (κ3) is 4.42. The Kier molecular flexibility index (Phi) is 6.63. The number of aromatic nitrogens is 4. The summed E-state index contributed by atoms with van der Waals surface area (Å²) in [5.41, 5.74) is 2.57. The Hall–Kier alpha value is -3.50. The zero-order chi connectivity index (χ0) is 25.3. The molecule has 1 aliphatic rings. The molecule has 2 aromatic heterocycles. The number of aryl methyl sites for hydroxylation is 2. The third-order valence-electron chi connectivity index (χ3n) is 6.44. The van der Waals surface area contributed by atoms with Crippen molar-refractivity contribution in [2.75, 3.05) is 38.2 Å². The van der Waals surface area contributed by atoms with Crippen molar-refractivity contribution >= 4 is 26.9 Å². The maximum absolute atomic E-state index is 13.2. The van der Waals surface area contributed by atoms with Gasteiger partial charge in [0, 0.05) is 32.6 Å². The summed E-state index contributed by atoms with van der Waals surface area (Å²) in [6.45, 7) is 5.88. The topological polar surface area (TPSA) is 93.5 Å². The number of methoxy groups -OCH3 is 1. The Morgan fingerprint density at radius 1 is 0.944 bits per heavy atom. The summed E-state index contributed by atoms with van der Waals surface area (Å²) < 4.78 is 35.0. The van der Waals surface area contributed by atoms with E-state index in [0.29, 0.717) is 31.9 Å². The highest BCUT2D eigenvalue weighted by atomic mass is 32.2. The molecule has 0 N–H and O–H groups in total. The van der Waals surface area contributed by atoms with E-state index in [-0.39, 0.29) is 4.90 Å². The summed E-state index contributed by atoms with van der Waals surface area (Å²) in [4.78, 5) is 12.2. The van der Waals surface area contributed by atoms with Crippen LogP contribution in [-0.2, 0) is 16.4 Å². The van der Waals surface area contributed by atoms with Gasteiger partial charge in [0.1, 0.15) is 17.4 Å². The van der Waals surface area contributed by atoms with Crippen molar-refractivity contribution in [3.05, 3.63) is 66.1 Å². The number of hydrogen-bond donors (Lipinski definition) is 0. The van der Waals surface area contributed by atoms with Crippen molar-refractivity contribution < 1.29 is 13.2 Å². The number of hydrogen-bond acceptors (Lipinski definition) is 7. The van der Waals surface area contributed by atoms with Gasteiger partial charge in [-0.2, -0.15) is 9.40 Å². The van der Waals surface area contributed by atoms with E-state index in [1.165, 1.54) is 4.31 Å². The van der Waals surface area contributed by atoms with Crippen LogP contribution in [0.15, 0.2) is 59.5 Å². The molecule has 36 heavy (non-hydrogen) atoms. The van der Waals surface area contributed by atoms with Gasteiger partial charge >= 0.3 is 0 Å². The molecule has 5 rings (SSSR count). The van der Waals surface area contributed by atoms with Crippen molar-refractivity contribution in [2.45, 2.75) is 31.6 Å². The van der Waals surface area contributed by atoms with Crippen LogP contribution in [0.5, 0.6) is 5.75 Å². The van der Waals surface area contributed by atoms with Crippen LogP contribution in [0, 0.1) is 6.92 Å². The molecule has 0 amide bonds. The van der Waals surface area contributed by atoms with E-state index in [1.54, 1.807) is 31.4 Å². The number of nitrogens with zero attached hydrogens (tertiary/aromatic N) is 6. The highest BCUT2D eigenvalue weighted by molar-refractivity contribution is 7.89. The highest BCUT2D eigenvalue weighted by Gasteiger charge is 2.30. The fourth-order valence-corrected chi connectivity index (χ4v) is 5.98. The smallest absolute Gasteiger partial charge is 0.243 e. The van der Waals surface area contributed by atoms with Crippen molar-refractivity contribution in [1.82, 2.24) is 24.1 Å². The SMILES string of the molecule is CCCc1nc(N2CCN(S(=O)(=O)c3ccc(OC)cc3)CC2)c2c(C)nn(-c3ccccc3)c2n1. The number of anilines is 1. The quantitative estimate of drug-likeness (QED) is 0.378. The fraction of sp³-hybridized carbons (Fsp3) is 0.346. The Bertz CT molecular complexity index is 1460. The zero-order valence-electron chi connectivity index (χ0n) is 20.8. The van der Waals surface area contributed by atoms with Gasteiger partial charge in [-0.1, -0.05) is 25.1 Å². The molecule has 0 radical (unpaired) electrons. The number of sulfonamides is 1. The predicted molar refractivity (Wildman–Crippen MR) is 139 cm³/mol. The predicted octanol–water partition coefficient (Wildman–Crippen LogP) is 3.60. The molecule has 3 heterocycles. The largest absolute Gasteiger partial charge is 0.497 e. The molecule has 9 nitrogen and oxygen atoms in total. The number of fused-ring (bicyclic) bond motifs is 1. The summed E-state index contributed by atoms with van der Waals surface area (Å²) in [6.07, 6.45) is 1.69. The van der Waals surface area contributed by atoms with E-state index >= 15 is 0 Å². The van der Waals surface area contributed by atoms with Gasteiger partial charge in [0.25, 0.3) is 0 Å². The summed E-state index contributed by atoms with van der Waals surface area (Å²) in [5, 5.41) is 5.70. The van der Waals surface area contributed by atoms with E-state index in [9.17, 15) is 8.42 Å². The molecule has 0 unspecified atom stereocenters. The lowest BCUT2D eigenvalue weighted by Gasteiger charge is -2.35. The van der Waals surface area contributed by atoms with Gasteiger partial charge < -0.3 is 9.64 Å². The Balaban J connectivity index is 1.46. The molecule has 0 bridgehead atoms. The molecule has 0 atom stereocenters. The standard InChI is InChI=1S/C26H30N6O3S/c1-4-8-23-27-25(24-19(2)29-32(26(24)28-23)20-9-6-5-7-10-20)30-15-17-31(18-16-30)36(33,34)22-13-11-21(35-3)12-14-22/h5-7,9-14H,4,8,15-18H2,1-3H3. The minimum Gasteiger partial charge on any atom is -0.497 e. The molecule has 4 aromatic rings. The van der Waals surface area contributed by atoms with E-state index < -0.39 is 10.0 Å². The molecule has 1 saturated heterocycles.